The van der Waals surface area contributed by atoms with Crippen LogP contribution in [0.1, 0.15) is 58.0 Å². The van der Waals surface area contributed by atoms with E-state index in [0.717, 1.165) is 5.56 Å². The van der Waals surface area contributed by atoms with Crippen molar-refractivity contribution in [2.45, 2.75) is 71.0 Å². The number of anilines is 1. The summed E-state index contributed by atoms with van der Waals surface area (Å²) in [6.07, 6.45) is -0.0334. The van der Waals surface area contributed by atoms with Gasteiger partial charge in [0.15, 0.2) is 17.2 Å². The van der Waals surface area contributed by atoms with Crippen LogP contribution in [0.25, 0.3) is 11.0 Å². The molecule has 0 spiro atoms. The minimum Gasteiger partial charge on any atom is -0.377 e. The summed E-state index contributed by atoms with van der Waals surface area (Å²) < 4.78 is 58.3. The number of nitrogens with one attached hydrogen (secondary N) is 1. The summed E-state index contributed by atoms with van der Waals surface area (Å²) in [7, 11) is -3.23. The summed E-state index contributed by atoms with van der Waals surface area (Å²) in [4.78, 5) is 4.58. The fraction of sp³-hybridized carbons (Fsp3) is 0.517. The highest BCUT2D eigenvalue weighted by Gasteiger charge is 2.56. The molecule has 4 heterocycles. The topological polar surface area (TPSA) is 117 Å². The molecule has 10 nitrogen and oxygen atoms in total. The van der Waals surface area contributed by atoms with Crippen LogP contribution < -0.4 is 5.32 Å². The summed E-state index contributed by atoms with van der Waals surface area (Å²) in [6, 6.07) is 9.91. The zero-order valence-electron chi connectivity index (χ0n) is 24.6. The lowest BCUT2D eigenvalue weighted by atomic mass is 10.1. The van der Waals surface area contributed by atoms with E-state index >= 15 is 0 Å². The van der Waals surface area contributed by atoms with Gasteiger partial charge in [0.25, 0.3) is 0 Å². The van der Waals surface area contributed by atoms with Gasteiger partial charge in [-0.1, -0.05) is 23.7 Å². The number of thioether (sulfide) groups is 1. The Morgan fingerprint density at radius 2 is 1.88 bits per heavy atom. The lowest BCUT2D eigenvalue weighted by Gasteiger charge is -2.25. The maximum absolute atomic E-state index is 13.5. The van der Waals surface area contributed by atoms with Crippen LogP contribution in [0.3, 0.4) is 0 Å². The van der Waals surface area contributed by atoms with Gasteiger partial charge in [-0.15, -0.1) is 11.8 Å². The Morgan fingerprint density at radius 1 is 1.21 bits per heavy atom. The first-order valence-corrected chi connectivity index (χ1v) is 17.3. The number of rotatable bonds is 12. The van der Waals surface area contributed by atoms with E-state index in [0.29, 0.717) is 35.7 Å². The van der Waals surface area contributed by atoms with Gasteiger partial charge < -0.3 is 33.1 Å². The molecule has 0 bridgehead atoms. The van der Waals surface area contributed by atoms with Gasteiger partial charge in [-0.3, -0.25) is 4.57 Å². The van der Waals surface area contributed by atoms with Crippen molar-refractivity contribution in [3.05, 3.63) is 58.6 Å². The van der Waals surface area contributed by atoms with Crippen LogP contribution in [0, 0.1) is 17.1 Å². The first-order chi connectivity index (χ1) is 20.5. The van der Waals surface area contributed by atoms with Crippen molar-refractivity contribution >= 4 is 47.7 Å². The first kappa shape index (κ1) is 32.2. The molecule has 5 rings (SSSR count). The number of pyridine rings is 1. The highest BCUT2D eigenvalue weighted by atomic mass is 35.5. The second-order valence-electron chi connectivity index (χ2n) is 10.7. The van der Waals surface area contributed by atoms with E-state index in [9.17, 15) is 14.2 Å². The maximum atomic E-state index is 13.5. The number of hydrogen-bond acceptors (Lipinski definition) is 10. The lowest BCUT2D eigenvalue weighted by Crippen LogP contribution is -2.31. The number of hydrogen-bond donors (Lipinski definition) is 1. The normalized spacial score (nSPS) is 23.8. The molecule has 2 fully saturated rings. The van der Waals surface area contributed by atoms with E-state index in [4.69, 9.17) is 34.9 Å². The Balaban J connectivity index is 1.44. The molecule has 14 heteroatoms. The van der Waals surface area contributed by atoms with Crippen LogP contribution in [0.15, 0.2) is 36.5 Å². The molecule has 1 N–H and O–H groups in total. The monoisotopic (exact) mass is 652 g/mol. The molecule has 0 saturated carbocycles. The molecular formula is C29H35ClFN4O6PS. The average molecular weight is 653 g/mol. The summed E-state index contributed by atoms with van der Waals surface area (Å²) >= 11 is 7.97. The molecule has 232 valence electrons. The van der Waals surface area contributed by atoms with Crippen molar-refractivity contribution < 1.29 is 32.2 Å². The minimum atomic E-state index is -3.23. The predicted molar refractivity (Wildman–Crippen MR) is 164 cm³/mol. The molecule has 3 aromatic rings. The molecule has 0 radical (unpaired) electrons. The standard InChI is InChI=1S/C29H35ClFN4O6PS/c1-6-37-42(36,38-7-2)16-43-15-22-24-25(41-29(4,5)40-24)28(39-22)35-13-12-20-23(21(14-32)26(30)34-27(20)35)33-17(3)18-8-10-19(31)11-9-18/h8-13,17,22,24-25,28H,6-7,15-16H2,1-5H3,(H,33,34)/t17-,22-,24-,25-,28-/m1/s1. The van der Waals surface area contributed by atoms with Gasteiger partial charge in [0.05, 0.1) is 30.5 Å². The summed E-state index contributed by atoms with van der Waals surface area (Å²) in [5.74, 6) is -0.702. The Kier molecular flexibility index (Phi) is 9.76. The molecule has 5 atom stereocenters. The molecule has 0 aliphatic carbocycles. The minimum absolute atomic E-state index is 0.0388. The molecule has 2 saturated heterocycles. The third-order valence-corrected chi connectivity index (χ3v) is 11.4. The third kappa shape index (κ3) is 6.75. The molecule has 1 aromatic carbocycles. The predicted octanol–water partition coefficient (Wildman–Crippen LogP) is 7.25. The maximum Gasteiger partial charge on any atom is 0.340 e. The van der Waals surface area contributed by atoms with Gasteiger partial charge in [0, 0.05) is 23.4 Å². The van der Waals surface area contributed by atoms with Crippen LogP contribution in [0.4, 0.5) is 10.1 Å². The lowest BCUT2D eigenvalue weighted by molar-refractivity contribution is -0.193. The summed E-state index contributed by atoms with van der Waals surface area (Å²) in [6.45, 7) is 9.77. The number of nitrogens with zero attached hydrogens (tertiary/aromatic N) is 3. The number of fused-ring (bicyclic) bond motifs is 2. The highest BCUT2D eigenvalue weighted by Crippen LogP contribution is 2.52. The third-order valence-electron chi connectivity index (χ3n) is 7.24. The van der Waals surface area contributed by atoms with Gasteiger partial charge in [0.1, 0.15) is 35.3 Å². The van der Waals surface area contributed by atoms with Crippen molar-refractivity contribution in [1.29, 1.82) is 5.26 Å². The van der Waals surface area contributed by atoms with Crippen molar-refractivity contribution in [3.63, 3.8) is 0 Å². The number of aromatic nitrogens is 2. The van der Waals surface area contributed by atoms with E-state index in [1.807, 2.05) is 37.6 Å². The SMILES string of the molecule is CCOP(=O)(CSC[C@H]1O[C@@H](n2ccc3c(N[C@H](C)c4ccc(F)cc4)c(C#N)c(Cl)nc32)[C@@H]2OC(C)(C)O[C@@H]21)OCC. The number of nitriles is 1. The second kappa shape index (κ2) is 13.0. The Morgan fingerprint density at radius 3 is 2.53 bits per heavy atom. The van der Waals surface area contributed by atoms with Crippen LogP contribution in [0.2, 0.25) is 5.15 Å². The van der Waals surface area contributed by atoms with Gasteiger partial charge in [-0.25, -0.2) is 9.37 Å². The van der Waals surface area contributed by atoms with E-state index in [-0.39, 0.29) is 34.2 Å². The molecule has 0 amide bonds. The van der Waals surface area contributed by atoms with Crippen LogP contribution in [-0.2, 0) is 27.8 Å². The smallest absolute Gasteiger partial charge is 0.340 e. The van der Waals surface area contributed by atoms with Gasteiger partial charge in [-0.05, 0) is 58.4 Å². The van der Waals surface area contributed by atoms with E-state index in [1.165, 1.54) is 23.9 Å². The number of benzene rings is 1. The van der Waals surface area contributed by atoms with E-state index < -0.39 is 31.8 Å². The Labute approximate surface area is 259 Å². The molecule has 2 aliphatic heterocycles. The zero-order valence-corrected chi connectivity index (χ0v) is 27.0. The fourth-order valence-electron chi connectivity index (χ4n) is 5.45. The second-order valence-corrected chi connectivity index (χ2v) is 14.6. The molecule has 2 aliphatic rings. The van der Waals surface area contributed by atoms with Crippen molar-refractivity contribution in [1.82, 2.24) is 9.55 Å². The van der Waals surface area contributed by atoms with Crippen LogP contribution >= 0.6 is 31.0 Å². The molecule has 2 aromatic heterocycles. The molecule has 0 unspecified atom stereocenters. The highest BCUT2D eigenvalue weighted by molar-refractivity contribution is 8.04. The number of halogens is 2. The number of ether oxygens (including phenoxy) is 3. The van der Waals surface area contributed by atoms with Gasteiger partial charge in [0.2, 0.25) is 0 Å². The summed E-state index contributed by atoms with van der Waals surface area (Å²) in [5.41, 5.74) is 2.24. The molecular weight excluding hydrogens is 618 g/mol. The fourth-order valence-corrected chi connectivity index (χ4v) is 8.94. The largest absolute Gasteiger partial charge is 0.377 e. The van der Waals surface area contributed by atoms with Gasteiger partial charge in [-0.2, -0.15) is 5.26 Å². The summed E-state index contributed by atoms with van der Waals surface area (Å²) in [5, 5.41) is 14.0. The Bertz CT molecular complexity index is 1540. The quantitative estimate of drug-likeness (QED) is 0.158. The first-order valence-electron chi connectivity index (χ1n) is 14.1. The van der Waals surface area contributed by atoms with Crippen LogP contribution in [-0.4, -0.2) is 58.1 Å². The van der Waals surface area contributed by atoms with Crippen molar-refractivity contribution in [3.8, 4) is 6.07 Å². The van der Waals surface area contributed by atoms with E-state index in [2.05, 4.69) is 16.4 Å². The Hall–Kier alpha value is -2.20. The zero-order chi connectivity index (χ0) is 30.9. The van der Waals surface area contributed by atoms with Crippen molar-refractivity contribution in [2.75, 3.05) is 29.8 Å². The molecule has 43 heavy (non-hydrogen) atoms. The van der Waals surface area contributed by atoms with Gasteiger partial charge >= 0.3 is 7.60 Å². The van der Waals surface area contributed by atoms with Crippen LogP contribution in [0.5, 0.6) is 0 Å². The average Bonchev–Trinajstić information content (AvgIpc) is 3.60. The van der Waals surface area contributed by atoms with Crippen molar-refractivity contribution in [2.24, 2.45) is 0 Å². The van der Waals surface area contributed by atoms with E-state index in [1.54, 1.807) is 26.0 Å².